The van der Waals surface area contributed by atoms with Crippen LogP contribution in [-0.2, 0) is 0 Å². The second-order valence-electron chi connectivity index (χ2n) is 6.92. The monoisotopic (exact) mass is 437 g/mol. The summed E-state index contributed by atoms with van der Waals surface area (Å²) < 4.78 is 42.4. The lowest BCUT2D eigenvalue weighted by atomic mass is 10.0. The van der Waals surface area contributed by atoms with Gasteiger partial charge in [-0.05, 0) is 31.9 Å². The van der Waals surface area contributed by atoms with Gasteiger partial charge in [0.25, 0.3) is 0 Å². The van der Waals surface area contributed by atoms with Crippen molar-refractivity contribution < 1.29 is 13.2 Å². The molecule has 1 aliphatic rings. The molecule has 162 valence electrons. The van der Waals surface area contributed by atoms with E-state index in [2.05, 4.69) is 35.9 Å². The number of nitrogens with one attached hydrogen (secondary N) is 4. The minimum Gasteiger partial charge on any atom is -0.360 e. The Labute approximate surface area is 181 Å². The molecule has 1 aliphatic heterocycles. The van der Waals surface area contributed by atoms with Crippen LogP contribution in [0.5, 0.6) is 0 Å². The molecular weight excluding hydrogens is 419 g/mol. The highest BCUT2D eigenvalue weighted by molar-refractivity contribution is 5.83. The Morgan fingerprint density at radius 2 is 1.91 bits per heavy atom. The highest BCUT2D eigenvalue weighted by Gasteiger charge is 2.27. The van der Waals surface area contributed by atoms with Gasteiger partial charge >= 0.3 is 0 Å². The molecule has 1 aromatic carbocycles. The lowest BCUT2D eigenvalue weighted by Gasteiger charge is -2.32. The van der Waals surface area contributed by atoms with Crippen molar-refractivity contribution in [3.8, 4) is 12.3 Å². The lowest BCUT2D eigenvalue weighted by molar-refractivity contribution is 0.582. The fourth-order valence-electron chi connectivity index (χ4n) is 3.39. The van der Waals surface area contributed by atoms with Crippen LogP contribution in [0.1, 0.15) is 19.4 Å². The molecule has 4 rings (SSSR count). The zero-order chi connectivity index (χ0) is 22.8. The largest absolute Gasteiger partial charge is 0.360 e. The number of fused-ring (bicyclic) bond motifs is 1. The zero-order valence-electron chi connectivity index (χ0n) is 17.1. The maximum absolute atomic E-state index is 14.4. The van der Waals surface area contributed by atoms with Gasteiger partial charge in [-0.3, -0.25) is 0 Å². The maximum atomic E-state index is 14.4. The quantitative estimate of drug-likeness (QED) is 0.466. The highest BCUT2D eigenvalue weighted by atomic mass is 19.1. The topological polar surface area (TPSA) is 90.6 Å². The number of nitrogens with zero attached hydrogens (tertiary/aromatic N) is 3. The average molecular weight is 437 g/mol. The second kappa shape index (κ2) is 8.47. The molecule has 0 unspecified atom stereocenters. The van der Waals surface area contributed by atoms with Gasteiger partial charge in [-0.15, -0.1) is 6.42 Å². The number of hydrogen-bond acceptors (Lipinski definition) is 6. The first kappa shape index (κ1) is 21.0. The van der Waals surface area contributed by atoms with Crippen molar-refractivity contribution in [2.45, 2.75) is 19.9 Å². The molecule has 32 heavy (non-hydrogen) atoms. The smallest absolute Gasteiger partial charge is 0.198 e. The van der Waals surface area contributed by atoms with Gasteiger partial charge in [-0.2, -0.15) is 4.39 Å². The SMILES string of the molecule is C#C/C(F)=C1/NC(c2cc(F)cc(F)c2)=C([C@H](C)Nc2ncnc3nc[nH]c23)N/C1=C/C. The van der Waals surface area contributed by atoms with Crippen LogP contribution in [0.4, 0.5) is 19.0 Å². The molecule has 0 radical (unpaired) electrons. The van der Waals surface area contributed by atoms with Crippen LogP contribution < -0.4 is 16.0 Å². The Kier molecular flexibility index (Phi) is 5.55. The third-order valence-corrected chi connectivity index (χ3v) is 4.85. The number of aromatic nitrogens is 4. The van der Waals surface area contributed by atoms with E-state index in [1.54, 1.807) is 13.0 Å². The summed E-state index contributed by atoms with van der Waals surface area (Å²) in [4.78, 5) is 15.4. The fraction of sp³-hybridized carbons (Fsp3) is 0.136. The maximum Gasteiger partial charge on any atom is 0.198 e. The van der Waals surface area contributed by atoms with E-state index in [-0.39, 0.29) is 17.0 Å². The van der Waals surface area contributed by atoms with Crippen LogP contribution in [0.25, 0.3) is 16.9 Å². The number of anilines is 1. The van der Waals surface area contributed by atoms with E-state index in [4.69, 9.17) is 6.42 Å². The van der Waals surface area contributed by atoms with Gasteiger partial charge < -0.3 is 20.9 Å². The van der Waals surface area contributed by atoms with Crippen LogP contribution in [0, 0.1) is 24.0 Å². The molecule has 0 spiro atoms. The van der Waals surface area contributed by atoms with Crippen molar-refractivity contribution in [2.75, 3.05) is 5.32 Å². The van der Waals surface area contributed by atoms with Gasteiger partial charge in [0, 0.05) is 11.6 Å². The van der Waals surface area contributed by atoms with E-state index in [0.717, 1.165) is 18.2 Å². The molecule has 0 amide bonds. The number of benzene rings is 1. The number of H-pyrrole nitrogens is 1. The van der Waals surface area contributed by atoms with Gasteiger partial charge in [0.1, 0.15) is 29.2 Å². The Bertz CT molecular complexity index is 1310. The molecule has 10 heteroatoms. The number of allylic oxidation sites excluding steroid dienone is 2. The molecule has 1 atom stereocenters. The van der Waals surface area contributed by atoms with Crippen LogP contribution in [0.3, 0.4) is 0 Å². The Morgan fingerprint density at radius 1 is 1.16 bits per heavy atom. The summed E-state index contributed by atoms with van der Waals surface area (Å²) in [6.07, 6.45) is 9.73. The standard InChI is InChI=1S/C22H18F3N7/c1-4-15(25)19-16(5-2)31-17(18(32-19)12-6-13(23)8-14(24)7-12)11(3)30-22-20-21(27-9-26-20)28-10-29-22/h1,5-11,31-32H,2-3H3,(H2,26,27,28,29,30)/b16-5+,19-15-/t11-/m0/s1. The number of hydrogen-bond donors (Lipinski definition) is 4. The summed E-state index contributed by atoms with van der Waals surface area (Å²) in [5.41, 5.74) is 2.34. The number of rotatable bonds is 4. The number of imidazole rings is 1. The van der Waals surface area contributed by atoms with Crippen molar-refractivity contribution in [3.63, 3.8) is 0 Å². The third kappa shape index (κ3) is 3.88. The summed E-state index contributed by atoms with van der Waals surface area (Å²) in [7, 11) is 0. The molecule has 3 heterocycles. The third-order valence-electron chi connectivity index (χ3n) is 4.85. The van der Waals surface area contributed by atoms with Crippen molar-refractivity contribution >= 4 is 22.7 Å². The van der Waals surface area contributed by atoms with Gasteiger partial charge in [0.05, 0.1) is 29.5 Å². The molecule has 0 saturated carbocycles. The Hall–Kier alpha value is -4.26. The van der Waals surface area contributed by atoms with E-state index >= 15 is 0 Å². The normalized spacial score (nSPS) is 17.6. The van der Waals surface area contributed by atoms with Crippen molar-refractivity contribution in [1.82, 2.24) is 30.6 Å². The van der Waals surface area contributed by atoms with Crippen LogP contribution in [0.15, 0.2) is 59.8 Å². The van der Waals surface area contributed by atoms with Gasteiger partial charge in [-0.25, -0.2) is 23.7 Å². The first-order chi connectivity index (χ1) is 15.4. The van der Waals surface area contributed by atoms with E-state index in [9.17, 15) is 13.2 Å². The van der Waals surface area contributed by atoms with Crippen molar-refractivity contribution in [3.05, 3.63) is 77.0 Å². The molecule has 0 fully saturated rings. The average Bonchev–Trinajstić information content (AvgIpc) is 3.27. The van der Waals surface area contributed by atoms with Crippen molar-refractivity contribution in [1.29, 1.82) is 0 Å². The number of terminal acetylenes is 1. The summed E-state index contributed by atoms with van der Waals surface area (Å²) >= 11 is 0. The predicted octanol–water partition coefficient (Wildman–Crippen LogP) is 3.71. The minimum absolute atomic E-state index is 0.0105. The van der Waals surface area contributed by atoms with Gasteiger partial charge in [0.2, 0.25) is 0 Å². The van der Waals surface area contributed by atoms with E-state index in [0.29, 0.717) is 28.4 Å². The molecule has 4 N–H and O–H groups in total. The van der Waals surface area contributed by atoms with Crippen LogP contribution in [-0.4, -0.2) is 26.0 Å². The molecule has 2 aromatic heterocycles. The highest BCUT2D eigenvalue weighted by Crippen LogP contribution is 2.30. The Balaban J connectivity index is 1.84. The minimum atomic E-state index is -0.852. The molecule has 3 aromatic rings. The Morgan fingerprint density at radius 3 is 2.59 bits per heavy atom. The molecular formula is C22H18F3N7. The van der Waals surface area contributed by atoms with Gasteiger partial charge in [-0.1, -0.05) is 6.08 Å². The number of halogens is 3. The fourth-order valence-corrected chi connectivity index (χ4v) is 3.39. The van der Waals surface area contributed by atoms with E-state index in [1.165, 1.54) is 12.7 Å². The summed E-state index contributed by atoms with van der Waals surface area (Å²) in [5.74, 6) is 0.0194. The molecule has 0 saturated heterocycles. The zero-order valence-corrected chi connectivity index (χ0v) is 17.1. The molecule has 7 nitrogen and oxygen atoms in total. The first-order valence-electron chi connectivity index (χ1n) is 9.59. The second-order valence-corrected chi connectivity index (χ2v) is 6.92. The summed E-state index contributed by atoms with van der Waals surface area (Å²) in [6.45, 7) is 3.51. The molecule has 0 bridgehead atoms. The number of aromatic amines is 1. The molecule has 0 aliphatic carbocycles. The van der Waals surface area contributed by atoms with E-state index < -0.39 is 23.5 Å². The van der Waals surface area contributed by atoms with Crippen LogP contribution in [0.2, 0.25) is 0 Å². The van der Waals surface area contributed by atoms with Crippen LogP contribution >= 0.6 is 0 Å². The van der Waals surface area contributed by atoms with Crippen molar-refractivity contribution in [2.24, 2.45) is 0 Å². The van der Waals surface area contributed by atoms with E-state index in [1.807, 2.05) is 12.8 Å². The first-order valence-corrected chi connectivity index (χ1v) is 9.59. The summed E-state index contributed by atoms with van der Waals surface area (Å²) in [6, 6.07) is 2.57. The summed E-state index contributed by atoms with van der Waals surface area (Å²) in [5, 5.41) is 9.26. The lowest BCUT2D eigenvalue weighted by Crippen LogP contribution is -2.38. The van der Waals surface area contributed by atoms with Gasteiger partial charge in [0.15, 0.2) is 17.3 Å². The predicted molar refractivity (Wildman–Crippen MR) is 115 cm³/mol.